The monoisotopic (exact) mass is 273 g/mol. The minimum Gasteiger partial charge on any atom is -0.477 e. The molecular formula is C13H11N3O4. The van der Waals surface area contributed by atoms with Gasteiger partial charge in [0.15, 0.2) is 0 Å². The van der Waals surface area contributed by atoms with Gasteiger partial charge in [-0.3, -0.25) is 4.79 Å². The van der Waals surface area contributed by atoms with Crippen LogP contribution in [0.5, 0.6) is 11.6 Å². The molecular weight excluding hydrogens is 262 g/mol. The second-order valence-electron chi connectivity index (χ2n) is 3.92. The highest BCUT2D eigenvalue weighted by atomic mass is 16.5. The average Bonchev–Trinajstić information content (AvgIpc) is 2.41. The third kappa shape index (κ3) is 2.83. The van der Waals surface area contributed by atoms with Gasteiger partial charge < -0.3 is 21.3 Å². The molecule has 0 saturated heterocycles. The fourth-order valence-corrected chi connectivity index (χ4v) is 1.50. The number of hydrogen-bond acceptors (Lipinski definition) is 5. The highest BCUT2D eigenvalue weighted by molar-refractivity contribution is 5.93. The molecule has 5 N–H and O–H groups in total. The summed E-state index contributed by atoms with van der Waals surface area (Å²) in [5.74, 6) is -1.52. The predicted octanol–water partition coefficient (Wildman–Crippen LogP) is 1.25. The van der Waals surface area contributed by atoms with Crippen molar-refractivity contribution in [1.82, 2.24) is 4.98 Å². The number of nitrogen functional groups attached to an aromatic ring is 1. The highest BCUT2D eigenvalue weighted by Crippen LogP contribution is 2.24. The van der Waals surface area contributed by atoms with Crippen molar-refractivity contribution >= 4 is 17.6 Å². The smallest absolute Gasteiger partial charge is 0.341 e. The van der Waals surface area contributed by atoms with Crippen molar-refractivity contribution in [3.05, 3.63) is 47.7 Å². The van der Waals surface area contributed by atoms with Crippen LogP contribution >= 0.6 is 0 Å². The summed E-state index contributed by atoms with van der Waals surface area (Å²) in [5, 5.41) is 9.05. The molecule has 0 aliphatic heterocycles. The summed E-state index contributed by atoms with van der Waals surface area (Å²) < 4.78 is 5.36. The molecule has 102 valence electrons. The standard InChI is InChI=1S/C13H11N3O4/c14-8-5-10(13(18)19)12(16-6-8)20-9-3-1-7(2-4-9)11(15)17/h1-6H,14H2,(H2,15,17)(H,18,19). The Balaban J connectivity index is 2.30. The van der Waals surface area contributed by atoms with Gasteiger partial charge in [0.05, 0.1) is 11.9 Å². The van der Waals surface area contributed by atoms with Crippen molar-refractivity contribution in [2.24, 2.45) is 5.73 Å². The van der Waals surface area contributed by atoms with Crippen molar-refractivity contribution in [2.75, 3.05) is 5.73 Å². The Labute approximate surface area is 113 Å². The Morgan fingerprint density at radius 2 is 1.85 bits per heavy atom. The van der Waals surface area contributed by atoms with Gasteiger partial charge in [0, 0.05) is 5.56 Å². The third-order valence-electron chi connectivity index (χ3n) is 2.46. The first-order chi connectivity index (χ1) is 9.47. The van der Waals surface area contributed by atoms with E-state index >= 15 is 0 Å². The van der Waals surface area contributed by atoms with E-state index in [-0.39, 0.29) is 17.1 Å². The van der Waals surface area contributed by atoms with E-state index in [1.165, 1.54) is 36.5 Å². The van der Waals surface area contributed by atoms with Crippen LogP contribution in [0.2, 0.25) is 0 Å². The number of carbonyl (C=O) groups excluding carboxylic acids is 1. The van der Waals surface area contributed by atoms with Gasteiger partial charge in [-0.2, -0.15) is 0 Å². The van der Waals surface area contributed by atoms with Crippen molar-refractivity contribution < 1.29 is 19.4 Å². The van der Waals surface area contributed by atoms with E-state index in [2.05, 4.69) is 4.98 Å². The van der Waals surface area contributed by atoms with Crippen LogP contribution in [0.1, 0.15) is 20.7 Å². The van der Waals surface area contributed by atoms with Gasteiger partial charge in [0.2, 0.25) is 11.8 Å². The molecule has 0 radical (unpaired) electrons. The Kier molecular flexibility index (Phi) is 3.52. The second-order valence-corrected chi connectivity index (χ2v) is 3.92. The van der Waals surface area contributed by atoms with Gasteiger partial charge in [-0.25, -0.2) is 9.78 Å². The van der Waals surface area contributed by atoms with Gasteiger partial charge in [0.25, 0.3) is 0 Å². The molecule has 0 fully saturated rings. The number of carboxylic acids is 1. The molecule has 1 aromatic carbocycles. The van der Waals surface area contributed by atoms with E-state index in [0.717, 1.165) is 0 Å². The molecule has 7 nitrogen and oxygen atoms in total. The van der Waals surface area contributed by atoms with Crippen LogP contribution in [0.15, 0.2) is 36.5 Å². The Morgan fingerprint density at radius 1 is 1.20 bits per heavy atom. The zero-order valence-corrected chi connectivity index (χ0v) is 10.2. The number of nitrogens with zero attached hydrogens (tertiary/aromatic N) is 1. The fraction of sp³-hybridized carbons (Fsp3) is 0. The summed E-state index contributed by atoms with van der Waals surface area (Å²) in [5.41, 5.74) is 11.0. The number of rotatable bonds is 4. The lowest BCUT2D eigenvalue weighted by Gasteiger charge is -2.08. The van der Waals surface area contributed by atoms with E-state index < -0.39 is 11.9 Å². The number of carboxylic acid groups (broad SMARTS) is 1. The van der Waals surface area contributed by atoms with Crippen molar-refractivity contribution in [2.45, 2.75) is 0 Å². The fourth-order valence-electron chi connectivity index (χ4n) is 1.50. The molecule has 0 bridgehead atoms. The SMILES string of the molecule is NC(=O)c1ccc(Oc2ncc(N)cc2C(=O)O)cc1. The van der Waals surface area contributed by atoms with Gasteiger partial charge in [-0.1, -0.05) is 0 Å². The molecule has 7 heteroatoms. The molecule has 1 aromatic heterocycles. The Morgan fingerprint density at radius 3 is 2.40 bits per heavy atom. The number of ether oxygens (including phenoxy) is 1. The number of carbonyl (C=O) groups is 2. The molecule has 0 aliphatic carbocycles. The van der Waals surface area contributed by atoms with E-state index in [0.29, 0.717) is 11.3 Å². The predicted molar refractivity (Wildman–Crippen MR) is 70.6 cm³/mol. The second kappa shape index (κ2) is 5.27. The van der Waals surface area contributed by atoms with Gasteiger partial charge in [-0.05, 0) is 30.3 Å². The summed E-state index contributed by atoms with van der Waals surface area (Å²) >= 11 is 0. The first kappa shape index (κ1) is 13.3. The van der Waals surface area contributed by atoms with Crippen LogP contribution < -0.4 is 16.2 Å². The lowest BCUT2D eigenvalue weighted by atomic mass is 10.2. The lowest BCUT2D eigenvalue weighted by molar-refractivity contribution is 0.0693. The van der Waals surface area contributed by atoms with Crippen molar-refractivity contribution in [3.8, 4) is 11.6 Å². The van der Waals surface area contributed by atoms with Gasteiger partial charge >= 0.3 is 5.97 Å². The topological polar surface area (TPSA) is 129 Å². The summed E-state index contributed by atoms with van der Waals surface area (Å²) in [6.07, 6.45) is 1.29. The maximum atomic E-state index is 11.1. The molecule has 1 amide bonds. The number of aromatic nitrogens is 1. The molecule has 0 atom stereocenters. The number of primary amides is 1. The summed E-state index contributed by atoms with van der Waals surface area (Å²) in [6, 6.07) is 7.17. The molecule has 0 aliphatic rings. The van der Waals surface area contributed by atoms with E-state index in [1.807, 2.05) is 0 Å². The van der Waals surface area contributed by atoms with Crippen LogP contribution in [0.25, 0.3) is 0 Å². The molecule has 0 spiro atoms. The molecule has 2 rings (SSSR count). The van der Waals surface area contributed by atoms with Crippen LogP contribution in [0.4, 0.5) is 5.69 Å². The number of pyridine rings is 1. The van der Waals surface area contributed by atoms with E-state index in [9.17, 15) is 9.59 Å². The summed E-state index contributed by atoms with van der Waals surface area (Å²) in [7, 11) is 0. The molecule has 0 saturated carbocycles. The summed E-state index contributed by atoms with van der Waals surface area (Å²) in [6.45, 7) is 0. The first-order valence-corrected chi connectivity index (χ1v) is 5.54. The molecule has 20 heavy (non-hydrogen) atoms. The zero-order valence-electron chi connectivity index (χ0n) is 10.2. The third-order valence-corrected chi connectivity index (χ3v) is 2.46. The largest absolute Gasteiger partial charge is 0.477 e. The highest BCUT2D eigenvalue weighted by Gasteiger charge is 2.14. The van der Waals surface area contributed by atoms with Gasteiger partial charge in [-0.15, -0.1) is 0 Å². The number of hydrogen-bond donors (Lipinski definition) is 3. The van der Waals surface area contributed by atoms with Crippen LogP contribution in [-0.2, 0) is 0 Å². The Hall–Kier alpha value is -3.09. The zero-order chi connectivity index (χ0) is 14.7. The molecule has 0 unspecified atom stereocenters. The van der Waals surface area contributed by atoms with Gasteiger partial charge in [0.1, 0.15) is 11.3 Å². The van der Waals surface area contributed by atoms with E-state index in [1.54, 1.807) is 0 Å². The van der Waals surface area contributed by atoms with Crippen molar-refractivity contribution in [1.29, 1.82) is 0 Å². The van der Waals surface area contributed by atoms with E-state index in [4.69, 9.17) is 21.3 Å². The first-order valence-electron chi connectivity index (χ1n) is 5.54. The molecule has 1 heterocycles. The maximum Gasteiger partial charge on any atom is 0.341 e. The number of nitrogens with two attached hydrogens (primary N) is 2. The maximum absolute atomic E-state index is 11.1. The summed E-state index contributed by atoms with van der Waals surface area (Å²) in [4.78, 5) is 25.8. The van der Waals surface area contributed by atoms with Crippen LogP contribution in [0, 0.1) is 0 Å². The lowest BCUT2D eigenvalue weighted by Crippen LogP contribution is -2.10. The minimum atomic E-state index is -1.20. The van der Waals surface area contributed by atoms with Crippen LogP contribution in [0.3, 0.4) is 0 Å². The quantitative estimate of drug-likeness (QED) is 0.768. The number of anilines is 1. The Bertz CT molecular complexity index is 668. The average molecular weight is 273 g/mol. The number of benzene rings is 1. The van der Waals surface area contributed by atoms with Crippen LogP contribution in [-0.4, -0.2) is 22.0 Å². The number of aromatic carboxylic acids is 1. The van der Waals surface area contributed by atoms with Crippen molar-refractivity contribution in [3.63, 3.8) is 0 Å². The normalized spacial score (nSPS) is 10.0. The molecule has 2 aromatic rings. The minimum absolute atomic E-state index is 0.0847. The number of amides is 1.